The number of imide groups is 1. The van der Waals surface area contributed by atoms with Crippen LogP contribution in [0.25, 0.3) is 5.57 Å². The van der Waals surface area contributed by atoms with Crippen molar-refractivity contribution < 1.29 is 19.1 Å². The highest BCUT2D eigenvalue weighted by atomic mass is 16.5. The van der Waals surface area contributed by atoms with Crippen molar-refractivity contribution in [1.82, 2.24) is 4.90 Å². The maximum atomic E-state index is 13.6. The fourth-order valence-corrected chi connectivity index (χ4v) is 4.10. The quantitative estimate of drug-likeness (QED) is 0.708. The first-order chi connectivity index (χ1) is 14.5. The largest absolute Gasteiger partial charge is 0.497 e. The lowest BCUT2D eigenvalue weighted by Crippen LogP contribution is -2.37. The molecule has 2 aromatic rings. The zero-order valence-electron chi connectivity index (χ0n) is 17.6. The van der Waals surface area contributed by atoms with Crippen LogP contribution in [0.5, 0.6) is 11.5 Å². The summed E-state index contributed by atoms with van der Waals surface area (Å²) in [4.78, 5) is 30.6. The molecule has 2 heterocycles. The molecule has 0 N–H and O–H groups in total. The average molecular weight is 406 g/mol. The Kier molecular flexibility index (Phi) is 5.48. The first-order valence-corrected chi connectivity index (χ1v) is 10.2. The van der Waals surface area contributed by atoms with Gasteiger partial charge in [0.15, 0.2) is 0 Å². The summed E-state index contributed by atoms with van der Waals surface area (Å²) in [5.41, 5.74) is 3.18. The first-order valence-electron chi connectivity index (χ1n) is 10.2. The van der Waals surface area contributed by atoms with Crippen LogP contribution in [-0.2, 0) is 9.59 Å². The van der Waals surface area contributed by atoms with Crippen LogP contribution in [0, 0.1) is 6.92 Å². The number of anilines is 1. The Balaban J connectivity index is 1.85. The number of aryl methyl sites for hydroxylation is 1. The van der Waals surface area contributed by atoms with Crippen LogP contribution in [0.15, 0.2) is 48.2 Å². The Hall–Kier alpha value is -3.28. The van der Waals surface area contributed by atoms with Gasteiger partial charge in [0.25, 0.3) is 11.8 Å². The highest BCUT2D eigenvalue weighted by molar-refractivity contribution is 6.45. The molecule has 0 aliphatic carbocycles. The number of rotatable bonds is 5. The summed E-state index contributed by atoms with van der Waals surface area (Å²) >= 11 is 0. The molecule has 30 heavy (non-hydrogen) atoms. The van der Waals surface area contributed by atoms with Gasteiger partial charge in [0.1, 0.15) is 17.2 Å². The van der Waals surface area contributed by atoms with E-state index in [9.17, 15) is 9.59 Å². The van der Waals surface area contributed by atoms with Gasteiger partial charge in [-0.05, 0) is 43.9 Å². The van der Waals surface area contributed by atoms with Gasteiger partial charge in [0.05, 0.1) is 25.5 Å². The number of piperidine rings is 1. The Morgan fingerprint density at radius 2 is 1.53 bits per heavy atom. The number of ether oxygens (including phenoxy) is 2. The van der Waals surface area contributed by atoms with Gasteiger partial charge in [0, 0.05) is 19.2 Å². The number of hydrogen-bond acceptors (Lipinski definition) is 5. The maximum absolute atomic E-state index is 13.6. The fraction of sp³-hybridized carbons (Fsp3) is 0.333. The van der Waals surface area contributed by atoms with Gasteiger partial charge in [0.2, 0.25) is 0 Å². The number of hydrogen-bond donors (Lipinski definition) is 0. The third-order valence-electron chi connectivity index (χ3n) is 5.70. The summed E-state index contributed by atoms with van der Waals surface area (Å²) in [5.74, 6) is 0.343. The summed E-state index contributed by atoms with van der Waals surface area (Å²) in [6.45, 7) is 3.54. The number of methoxy groups -OCH3 is 2. The van der Waals surface area contributed by atoms with E-state index in [-0.39, 0.29) is 11.8 Å². The first kappa shape index (κ1) is 20.0. The molecule has 6 heteroatoms. The summed E-state index contributed by atoms with van der Waals surface area (Å²) in [6.07, 6.45) is 3.16. The van der Waals surface area contributed by atoms with Gasteiger partial charge in [-0.2, -0.15) is 0 Å². The van der Waals surface area contributed by atoms with Gasteiger partial charge >= 0.3 is 0 Å². The van der Waals surface area contributed by atoms with Crippen molar-refractivity contribution in [3.63, 3.8) is 0 Å². The summed E-state index contributed by atoms with van der Waals surface area (Å²) < 4.78 is 10.8. The molecular formula is C24H26N2O4. The van der Waals surface area contributed by atoms with Crippen molar-refractivity contribution in [2.75, 3.05) is 32.2 Å². The van der Waals surface area contributed by atoms with Crippen molar-refractivity contribution in [1.29, 1.82) is 0 Å². The number of nitrogens with zero attached hydrogens (tertiary/aromatic N) is 2. The second-order valence-electron chi connectivity index (χ2n) is 7.62. The van der Waals surface area contributed by atoms with Crippen LogP contribution in [0.2, 0.25) is 0 Å². The number of carbonyl (C=O) groups is 2. The lowest BCUT2D eigenvalue weighted by atomic mass is 10.0. The number of likely N-dealkylation sites (tertiary alicyclic amines) is 1. The standard InChI is InChI=1S/C24H26N2O4/c1-16-7-9-17(10-8-16)21-22(25-13-5-4-6-14-25)24(28)26(23(21)27)19-15-18(29-2)11-12-20(19)30-3/h7-12,15H,4-6,13-14H2,1-3H3. The van der Waals surface area contributed by atoms with E-state index in [2.05, 4.69) is 4.90 Å². The third-order valence-corrected chi connectivity index (χ3v) is 5.70. The van der Waals surface area contributed by atoms with E-state index >= 15 is 0 Å². The highest BCUT2D eigenvalue weighted by Crippen LogP contribution is 2.40. The lowest BCUT2D eigenvalue weighted by molar-refractivity contribution is -0.120. The molecule has 0 radical (unpaired) electrons. The maximum Gasteiger partial charge on any atom is 0.282 e. The molecule has 2 amide bonds. The van der Waals surface area contributed by atoms with Gasteiger partial charge in [-0.15, -0.1) is 0 Å². The summed E-state index contributed by atoms with van der Waals surface area (Å²) in [7, 11) is 3.07. The van der Waals surface area contributed by atoms with E-state index < -0.39 is 0 Å². The van der Waals surface area contributed by atoms with Crippen LogP contribution in [-0.4, -0.2) is 44.0 Å². The normalized spacial score (nSPS) is 17.0. The van der Waals surface area contributed by atoms with Gasteiger partial charge in [-0.25, -0.2) is 4.90 Å². The van der Waals surface area contributed by atoms with Crippen molar-refractivity contribution in [3.8, 4) is 11.5 Å². The predicted molar refractivity (Wildman–Crippen MR) is 116 cm³/mol. The Labute approximate surface area is 176 Å². The van der Waals surface area contributed by atoms with Crippen LogP contribution >= 0.6 is 0 Å². The third kappa shape index (κ3) is 3.43. The molecule has 2 aliphatic heterocycles. The second kappa shape index (κ2) is 8.22. The average Bonchev–Trinajstić information content (AvgIpc) is 3.04. The van der Waals surface area contributed by atoms with Crippen molar-refractivity contribution in [2.24, 2.45) is 0 Å². The molecule has 0 unspecified atom stereocenters. The zero-order chi connectivity index (χ0) is 21.3. The van der Waals surface area contributed by atoms with Crippen LogP contribution < -0.4 is 14.4 Å². The van der Waals surface area contributed by atoms with Gasteiger partial charge < -0.3 is 14.4 Å². The van der Waals surface area contributed by atoms with Crippen LogP contribution in [0.3, 0.4) is 0 Å². The van der Waals surface area contributed by atoms with E-state index in [0.29, 0.717) is 28.5 Å². The number of amides is 2. The van der Waals surface area contributed by atoms with E-state index in [1.165, 1.54) is 12.0 Å². The van der Waals surface area contributed by atoms with E-state index in [4.69, 9.17) is 9.47 Å². The Morgan fingerprint density at radius 1 is 0.833 bits per heavy atom. The molecule has 0 saturated carbocycles. The topological polar surface area (TPSA) is 59.1 Å². The monoisotopic (exact) mass is 406 g/mol. The minimum Gasteiger partial charge on any atom is -0.497 e. The number of benzene rings is 2. The molecule has 6 nitrogen and oxygen atoms in total. The SMILES string of the molecule is COc1ccc(OC)c(N2C(=O)C(c3ccc(C)cc3)=C(N3CCCCC3)C2=O)c1. The minimum atomic E-state index is -0.337. The zero-order valence-corrected chi connectivity index (χ0v) is 17.6. The van der Waals surface area contributed by atoms with Gasteiger partial charge in [-0.3, -0.25) is 9.59 Å². The summed E-state index contributed by atoms with van der Waals surface area (Å²) in [6, 6.07) is 12.9. The van der Waals surface area contributed by atoms with Crippen molar-refractivity contribution >= 4 is 23.1 Å². The summed E-state index contributed by atoms with van der Waals surface area (Å²) in [5, 5.41) is 0. The molecule has 156 valence electrons. The molecular weight excluding hydrogens is 380 g/mol. The smallest absolute Gasteiger partial charge is 0.282 e. The van der Waals surface area contributed by atoms with E-state index in [1.54, 1.807) is 25.3 Å². The minimum absolute atomic E-state index is 0.316. The molecule has 0 aromatic heterocycles. The molecule has 0 atom stereocenters. The van der Waals surface area contributed by atoms with E-state index in [1.807, 2.05) is 31.2 Å². The molecule has 4 rings (SSSR count). The molecule has 0 bridgehead atoms. The number of carbonyl (C=O) groups excluding carboxylic acids is 2. The second-order valence-corrected chi connectivity index (χ2v) is 7.62. The Bertz CT molecular complexity index is 1000. The molecule has 2 aromatic carbocycles. The highest BCUT2D eigenvalue weighted by Gasteiger charge is 2.43. The van der Waals surface area contributed by atoms with Gasteiger partial charge in [-0.1, -0.05) is 29.8 Å². The predicted octanol–water partition coefficient (Wildman–Crippen LogP) is 3.78. The molecule has 0 spiro atoms. The fourth-order valence-electron chi connectivity index (χ4n) is 4.10. The molecule has 1 saturated heterocycles. The van der Waals surface area contributed by atoms with Crippen molar-refractivity contribution in [2.45, 2.75) is 26.2 Å². The van der Waals surface area contributed by atoms with Crippen LogP contribution in [0.4, 0.5) is 5.69 Å². The van der Waals surface area contributed by atoms with Crippen molar-refractivity contribution in [3.05, 3.63) is 59.3 Å². The molecule has 2 aliphatic rings. The van der Waals surface area contributed by atoms with Crippen LogP contribution in [0.1, 0.15) is 30.4 Å². The molecule has 1 fully saturated rings. The van der Waals surface area contributed by atoms with E-state index in [0.717, 1.165) is 43.5 Å². The lowest BCUT2D eigenvalue weighted by Gasteiger charge is -2.29. The Morgan fingerprint density at radius 3 is 2.17 bits per heavy atom.